The third-order valence-electron chi connectivity index (χ3n) is 4.21. The second-order valence-electron chi connectivity index (χ2n) is 7.17. The molecule has 0 aliphatic carbocycles. The summed E-state index contributed by atoms with van der Waals surface area (Å²) in [6, 6.07) is 7.62. The Kier molecular flexibility index (Phi) is 5.69. The van der Waals surface area contributed by atoms with E-state index < -0.39 is 0 Å². The number of benzene rings is 1. The Hall–Kier alpha value is -2.96. The quantitative estimate of drug-likeness (QED) is 0.668. The molecule has 1 amide bonds. The summed E-state index contributed by atoms with van der Waals surface area (Å²) in [5.41, 5.74) is 1.97. The summed E-state index contributed by atoms with van der Waals surface area (Å²) >= 11 is 0. The third-order valence-corrected chi connectivity index (χ3v) is 4.21. The molecule has 2 heterocycles. The lowest BCUT2D eigenvalue weighted by Gasteiger charge is -2.06. The smallest absolute Gasteiger partial charge is 0.259 e. The van der Waals surface area contributed by atoms with Crippen molar-refractivity contribution in [1.82, 2.24) is 20.4 Å². The molecule has 142 valence electrons. The lowest BCUT2D eigenvalue weighted by Crippen LogP contribution is -2.27. The fraction of sp³-hybridized carbons (Fsp3) is 0.400. The molecule has 3 aromatic rings. The van der Waals surface area contributed by atoms with E-state index in [-0.39, 0.29) is 17.3 Å². The number of rotatable bonds is 7. The molecular weight excluding hydrogens is 344 g/mol. The average Bonchev–Trinajstić information content (AvgIpc) is 3.08. The van der Waals surface area contributed by atoms with Crippen LogP contribution in [0, 0.1) is 12.8 Å². The first-order valence-electron chi connectivity index (χ1n) is 9.15. The number of aromatic nitrogens is 3. The highest BCUT2D eigenvalue weighted by Crippen LogP contribution is 2.18. The molecule has 0 saturated carbocycles. The number of nitrogens with zero attached hydrogens (tertiary/aromatic N) is 2. The van der Waals surface area contributed by atoms with E-state index in [1.54, 1.807) is 6.07 Å². The van der Waals surface area contributed by atoms with Gasteiger partial charge in [-0.25, -0.2) is 0 Å². The van der Waals surface area contributed by atoms with Gasteiger partial charge in [0.05, 0.1) is 5.56 Å². The second kappa shape index (κ2) is 8.16. The summed E-state index contributed by atoms with van der Waals surface area (Å²) in [5, 5.41) is 7.70. The maximum Gasteiger partial charge on any atom is 0.259 e. The van der Waals surface area contributed by atoms with E-state index in [0.717, 1.165) is 16.5 Å². The molecule has 7 nitrogen and oxygen atoms in total. The van der Waals surface area contributed by atoms with Gasteiger partial charge in [0.2, 0.25) is 17.6 Å². The largest absolute Gasteiger partial charge is 0.356 e. The molecule has 1 aromatic carbocycles. The van der Waals surface area contributed by atoms with E-state index in [0.29, 0.717) is 43.2 Å². The monoisotopic (exact) mass is 368 g/mol. The molecule has 0 aliphatic rings. The number of aryl methyl sites for hydroxylation is 2. The van der Waals surface area contributed by atoms with Crippen molar-refractivity contribution in [2.24, 2.45) is 5.92 Å². The van der Waals surface area contributed by atoms with E-state index in [1.807, 2.05) is 25.1 Å². The van der Waals surface area contributed by atoms with Gasteiger partial charge in [0, 0.05) is 24.9 Å². The zero-order chi connectivity index (χ0) is 19.4. The fourth-order valence-electron chi connectivity index (χ4n) is 2.75. The number of H-pyrrole nitrogens is 1. The Labute approximate surface area is 157 Å². The van der Waals surface area contributed by atoms with Gasteiger partial charge in [-0.3, -0.25) is 9.59 Å². The summed E-state index contributed by atoms with van der Waals surface area (Å²) in [7, 11) is 0. The zero-order valence-corrected chi connectivity index (χ0v) is 15.8. The lowest BCUT2D eigenvalue weighted by atomic mass is 10.1. The molecule has 0 unspecified atom stereocenters. The van der Waals surface area contributed by atoms with Crippen LogP contribution in [0.4, 0.5) is 0 Å². The van der Waals surface area contributed by atoms with Crippen molar-refractivity contribution in [3.8, 4) is 11.4 Å². The highest BCUT2D eigenvalue weighted by Gasteiger charge is 2.14. The van der Waals surface area contributed by atoms with Crippen molar-refractivity contribution in [1.29, 1.82) is 0 Å². The number of hydrogen-bond donors (Lipinski definition) is 2. The third kappa shape index (κ3) is 4.81. The second-order valence-corrected chi connectivity index (χ2v) is 7.17. The summed E-state index contributed by atoms with van der Waals surface area (Å²) in [6.07, 6.45) is 1.51. The highest BCUT2D eigenvalue weighted by molar-refractivity contribution is 5.82. The number of amides is 1. The van der Waals surface area contributed by atoms with Gasteiger partial charge in [0.15, 0.2) is 0 Å². The van der Waals surface area contributed by atoms with Gasteiger partial charge in [-0.05, 0) is 42.3 Å². The van der Waals surface area contributed by atoms with Gasteiger partial charge in [-0.1, -0.05) is 31.1 Å². The van der Waals surface area contributed by atoms with Crippen LogP contribution in [-0.2, 0) is 11.2 Å². The molecule has 2 aromatic heterocycles. The molecular formula is C20H24N4O3. The first kappa shape index (κ1) is 18.8. The topological polar surface area (TPSA) is 101 Å². The first-order chi connectivity index (χ1) is 12.9. The van der Waals surface area contributed by atoms with Crippen molar-refractivity contribution in [2.45, 2.75) is 40.0 Å². The summed E-state index contributed by atoms with van der Waals surface area (Å²) < 4.78 is 5.24. The van der Waals surface area contributed by atoms with Gasteiger partial charge >= 0.3 is 0 Å². The number of aromatic amines is 1. The van der Waals surface area contributed by atoms with Crippen LogP contribution in [0.5, 0.6) is 0 Å². The fourth-order valence-corrected chi connectivity index (χ4v) is 2.75. The van der Waals surface area contributed by atoms with Crippen LogP contribution < -0.4 is 10.9 Å². The van der Waals surface area contributed by atoms with E-state index in [4.69, 9.17) is 4.52 Å². The van der Waals surface area contributed by atoms with E-state index in [1.165, 1.54) is 0 Å². The van der Waals surface area contributed by atoms with Gasteiger partial charge in [-0.2, -0.15) is 4.98 Å². The molecule has 27 heavy (non-hydrogen) atoms. The van der Waals surface area contributed by atoms with E-state index >= 15 is 0 Å². The Morgan fingerprint density at radius 2 is 2.11 bits per heavy atom. The van der Waals surface area contributed by atoms with Crippen LogP contribution in [0.3, 0.4) is 0 Å². The van der Waals surface area contributed by atoms with Gasteiger partial charge in [0.1, 0.15) is 0 Å². The SMILES string of the molecule is Cc1ccc2cc(-c3noc(CCCC(=O)NCC(C)C)n3)c(=O)[nH]c2c1. The molecule has 0 atom stereocenters. The van der Waals surface area contributed by atoms with Crippen molar-refractivity contribution in [3.05, 3.63) is 46.1 Å². The van der Waals surface area contributed by atoms with Gasteiger partial charge in [-0.15, -0.1) is 0 Å². The highest BCUT2D eigenvalue weighted by atomic mass is 16.5. The van der Waals surface area contributed by atoms with Gasteiger partial charge < -0.3 is 14.8 Å². The number of hydrogen-bond acceptors (Lipinski definition) is 5. The number of carbonyl (C=O) groups is 1. The zero-order valence-electron chi connectivity index (χ0n) is 15.8. The molecule has 0 radical (unpaired) electrons. The minimum Gasteiger partial charge on any atom is -0.356 e. The average molecular weight is 368 g/mol. The number of pyridine rings is 1. The summed E-state index contributed by atoms with van der Waals surface area (Å²) in [6.45, 7) is 6.75. The summed E-state index contributed by atoms with van der Waals surface area (Å²) in [5.74, 6) is 1.13. The van der Waals surface area contributed by atoms with Crippen LogP contribution in [0.1, 0.15) is 38.1 Å². The van der Waals surface area contributed by atoms with Crippen molar-refractivity contribution >= 4 is 16.8 Å². The van der Waals surface area contributed by atoms with Crippen LogP contribution in [0.2, 0.25) is 0 Å². The molecule has 0 bridgehead atoms. The minimum absolute atomic E-state index is 0.0182. The number of carbonyl (C=O) groups excluding carboxylic acids is 1. The van der Waals surface area contributed by atoms with Gasteiger partial charge in [0.25, 0.3) is 5.56 Å². The Morgan fingerprint density at radius 1 is 1.30 bits per heavy atom. The first-order valence-corrected chi connectivity index (χ1v) is 9.15. The van der Waals surface area contributed by atoms with Crippen LogP contribution in [0.15, 0.2) is 33.6 Å². The van der Waals surface area contributed by atoms with E-state index in [9.17, 15) is 9.59 Å². The minimum atomic E-state index is -0.256. The van der Waals surface area contributed by atoms with Crippen molar-refractivity contribution in [3.63, 3.8) is 0 Å². The van der Waals surface area contributed by atoms with Crippen molar-refractivity contribution < 1.29 is 9.32 Å². The van der Waals surface area contributed by atoms with Crippen LogP contribution >= 0.6 is 0 Å². The molecule has 2 N–H and O–H groups in total. The maximum atomic E-state index is 12.4. The molecule has 0 aliphatic heterocycles. The Morgan fingerprint density at radius 3 is 2.89 bits per heavy atom. The molecule has 0 saturated heterocycles. The normalized spacial score (nSPS) is 11.3. The molecule has 3 rings (SSSR count). The Bertz CT molecular complexity index is 1000. The van der Waals surface area contributed by atoms with Crippen LogP contribution in [-0.4, -0.2) is 27.6 Å². The van der Waals surface area contributed by atoms with Crippen LogP contribution in [0.25, 0.3) is 22.3 Å². The molecule has 0 spiro atoms. The molecule has 0 fully saturated rings. The Balaban J connectivity index is 1.66. The number of fused-ring (bicyclic) bond motifs is 1. The van der Waals surface area contributed by atoms with Crippen molar-refractivity contribution in [2.75, 3.05) is 6.54 Å². The van der Waals surface area contributed by atoms with E-state index in [2.05, 4.69) is 34.3 Å². The number of nitrogens with one attached hydrogen (secondary N) is 2. The predicted molar refractivity (Wildman–Crippen MR) is 103 cm³/mol. The summed E-state index contributed by atoms with van der Waals surface area (Å²) in [4.78, 5) is 31.3. The predicted octanol–water partition coefficient (Wildman–Crippen LogP) is 2.98. The maximum absolute atomic E-state index is 12.4. The lowest BCUT2D eigenvalue weighted by molar-refractivity contribution is -0.121. The standard InChI is InChI=1S/C20H24N4O3/c1-12(2)11-21-17(25)5-4-6-18-23-19(24-27-18)15-10-14-8-7-13(3)9-16(14)22-20(15)26/h7-10,12H,4-6,11H2,1-3H3,(H,21,25)(H,22,26). The molecule has 7 heteroatoms.